The molecular formula is C24H29ClN4O3S. The Morgan fingerprint density at radius 1 is 1.03 bits per heavy atom. The molecule has 9 heteroatoms. The van der Waals surface area contributed by atoms with Crippen molar-refractivity contribution in [3.05, 3.63) is 53.2 Å². The lowest BCUT2D eigenvalue weighted by Gasteiger charge is -2.33. The number of hydrogen-bond acceptors (Lipinski definition) is 5. The molecule has 2 fully saturated rings. The summed E-state index contributed by atoms with van der Waals surface area (Å²) in [5.74, 6) is 1.00. The Bertz CT molecular complexity index is 1250. The van der Waals surface area contributed by atoms with Gasteiger partial charge in [0, 0.05) is 61.4 Å². The fourth-order valence-corrected chi connectivity index (χ4v) is 6.65. The van der Waals surface area contributed by atoms with Crippen LogP contribution in [0, 0.1) is 0 Å². The van der Waals surface area contributed by atoms with E-state index in [4.69, 9.17) is 16.3 Å². The Hall–Kier alpha value is -2.26. The second-order valence-corrected chi connectivity index (χ2v) is 11.1. The monoisotopic (exact) mass is 488 g/mol. The lowest BCUT2D eigenvalue weighted by Crippen LogP contribution is -2.43. The highest BCUT2D eigenvalue weighted by atomic mass is 35.5. The zero-order valence-electron chi connectivity index (χ0n) is 18.7. The van der Waals surface area contributed by atoms with Gasteiger partial charge in [-0.3, -0.25) is 0 Å². The quantitative estimate of drug-likeness (QED) is 0.571. The Morgan fingerprint density at radius 2 is 1.79 bits per heavy atom. The molecule has 2 aliphatic rings. The van der Waals surface area contributed by atoms with Gasteiger partial charge in [0.2, 0.25) is 10.0 Å². The molecule has 3 aromatic rings. The number of fused-ring (bicyclic) bond motifs is 1. The Labute approximate surface area is 199 Å². The van der Waals surface area contributed by atoms with Gasteiger partial charge in [0.05, 0.1) is 17.7 Å². The predicted molar refractivity (Wildman–Crippen MR) is 132 cm³/mol. The SMILES string of the molecule is COc1ccc(S(=O)(=O)N2CCC(c3c[nH]c4ccc(Cl)cc34)CC2)cc1N1CCNCC1. The number of piperazine rings is 1. The van der Waals surface area contributed by atoms with E-state index in [2.05, 4.69) is 15.2 Å². The molecule has 2 saturated heterocycles. The van der Waals surface area contributed by atoms with Gasteiger partial charge in [-0.2, -0.15) is 4.31 Å². The summed E-state index contributed by atoms with van der Waals surface area (Å²) in [7, 11) is -1.96. The molecule has 3 heterocycles. The van der Waals surface area contributed by atoms with Gasteiger partial charge < -0.3 is 19.9 Å². The highest BCUT2D eigenvalue weighted by Crippen LogP contribution is 2.37. The minimum atomic E-state index is -3.58. The Morgan fingerprint density at radius 3 is 2.52 bits per heavy atom. The molecule has 2 aromatic carbocycles. The zero-order chi connectivity index (χ0) is 23.0. The third-order valence-corrected chi connectivity index (χ3v) is 8.95. The number of aromatic nitrogens is 1. The maximum absolute atomic E-state index is 13.5. The summed E-state index contributed by atoms with van der Waals surface area (Å²) in [6.45, 7) is 4.36. The number of piperidine rings is 1. The molecule has 0 atom stereocenters. The number of sulfonamides is 1. The van der Waals surface area contributed by atoms with Crippen LogP contribution in [0.5, 0.6) is 5.75 Å². The van der Waals surface area contributed by atoms with Crippen molar-refractivity contribution in [2.45, 2.75) is 23.7 Å². The second kappa shape index (κ2) is 9.18. The average Bonchev–Trinajstić information content (AvgIpc) is 3.27. The summed E-state index contributed by atoms with van der Waals surface area (Å²) in [5, 5.41) is 5.17. The van der Waals surface area contributed by atoms with Gasteiger partial charge in [0.25, 0.3) is 0 Å². The number of nitrogens with zero attached hydrogens (tertiary/aromatic N) is 2. The van der Waals surface area contributed by atoms with Crippen LogP contribution in [0.25, 0.3) is 10.9 Å². The molecule has 33 heavy (non-hydrogen) atoms. The maximum atomic E-state index is 13.5. The summed E-state index contributed by atoms with van der Waals surface area (Å²) < 4.78 is 34.2. The van der Waals surface area contributed by atoms with Crippen LogP contribution in [0.1, 0.15) is 24.3 Å². The number of hydrogen-bond donors (Lipinski definition) is 2. The highest BCUT2D eigenvalue weighted by molar-refractivity contribution is 7.89. The van der Waals surface area contributed by atoms with E-state index < -0.39 is 10.0 Å². The van der Waals surface area contributed by atoms with E-state index in [-0.39, 0.29) is 0 Å². The van der Waals surface area contributed by atoms with Crippen LogP contribution in [0.15, 0.2) is 47.5 Å². The summed E-state index contributed by atoms with van der Waals surface area (Å²) in [5.41, 5.74) is 3.11. The van der Waals surface area contributed by atoms with Crippen LogP contribution in [0.2, 0.25) is 5.02 Å². The lowest BCUT2D eigenvalue weighted by molar-refractivity contribution is 0.320. The van der Waals surface area contributed by atoms with Gasteiger partial charge in [-0.15, -0.1) is 0 Å². The predicted octanol–water partition coefficient (Wildman–Crippen LogP) is 3.81. The molecule has 0 unspecified atom stereocenters. The minimum Gasteiger partial charge on any atom is -0.495 e. The van der Waals surface area contributed by atoms with Gasteiger partial charge in [0.1, 0.15) is 5.75 Å². The molecule has 1 aromatic heterocycles. The normalized spacial score (nSPS) is 18.7. The fourth-order valence-electron chi connectivity index (χ4n) is 4.99. The lowest BCUT2D eigenvalue weighted by atomic mass is 9.90. The minimum absolute atomic E-state index is 0.302. The van der Waals surface area contributed by atoms with Gasteiger partial charge >= 0.3 is 0 Å². The maximum Gasteiger partial charge on any atom is 0.243 e. The largest absolute Gasteiger partial charge is 0.495 e. The van der Waals surface area contributed by atoms with E-state index in [9.17, 15) is 8.42 Å². The van der Waals surface area contributed by atoms with Crippen LogP contribution < -0.4 is 15.0 Å². The highest BCUT2D eigenvalue weighted by Gasteiger charge is 2.32. The standard InChI is InChI=1S/C24H29ClN4O3S/c1-32-24-5-3-19(15-23(24)28-12-8-26-9-13-28)33(30,31)29-10-6-17(7-11-29)21-16-27-22-4-2-18(25)14-20(21)22/h2-5,14-17,26-27H,6-13H2,1H3. The third-order valence-electron chi connectivity index (χ3n) is 6.82. The molecule has 5 rings (SSSR count). The molecule has 0 saturated carbocycles. The molecule has 0 bridgehead atoms. The van der Waals surface area contributed by atoms with Crippen LogP contribution in [0.4, 0.5) is 5.69 Å². The van der Waals surface area contributed by atoms with Crippen molar-refractivity contribution in [1.82, 2.24) is 14.6 Å². The van der Waals surface area contributed by atoms with E-state index in [1.54, 1.807) is 29.6 Å². The molecule has 0 radical (unpaired) electrons. The topological polar surface area (TPSA) is 77.7 Å². The number of aromatic amines is 1. The molecule has 176 valence electrons. The second-order valence-electron chi connectivity index (χ2n) is 8.68. The first kappa shape index (κ1) is 22.5. The van der Waals surface area contributed by atoms with Gasteiger partial charge in [0.15, 0.2) is 0 Å². The van der Waals surface area contributed by atoms with E-state index >= 15 is 0 Å². The van der Waals surface area contributed by atoms with Crippen molar-refractivity contribution in [3.8, 4) is 5.75 Å². The number of H-pyrrole nitrogens is 1. The van der Waals surface area contributed by atoms with Crippen LogP contribution >= 0.6 is 11.6 Å². The van der Waals surface area contributed by atoms with Crippen LogP contribution in [-0.2, 0) is 10.0 Å². The summed E-state index contributed by atoms with van der Waals surface area (Å²) in [4.78, 5) is 5.83. The zero-order valence-corrected chi connectivity index (χ0v) is 20.3. The van der Waals surface area contributed by atoms with Crippen molar-refractivity contribution in [3.63, 3.8) is 0 Å². The number of rotatable bonds is 5. The molecule has 0 aliphatic carbocycles. The van der Waals surface area contributed by atoms with E-state index in [1.807, 2.05) is 24.4 Å². The van der Waals surface area contributed by atoms with Gasteiger partial charge in [-0.25, -0.2) is 8.42 Å². The smallest absolute Gasteiger partial charge is 0.243 e. The molecular weight excluding hydrogens is 460 g/mol. The third kappa shape index (κ3) is 4.33. The number of ether oxygens (including phenoxy) is 1. The van der Waals surface area contributed by atoms with Crippen molar-refractivity contribution in [2.75, 3.05) is 51.3 Å². The van der Waals surface area contributed by atoms with Crippen LogP contribution in [-0.4, -0.2) is 64.1 Å². The molecule has 2 aliphatic heterocycles. The molecule has 7 nitrogen and oxygen atoms in total. The van der Waals surface area contributed by atoms with E-state index in [0.717, 1.165) is 55.6 Å². The van der Waals surface area contributed by atoms with Crippen molar-refractivity contribution in [2.24, 2.45) is 0 Å². The molecule has 0 amide bonds. The van der Waals surface area contributed by atoms with E-state index in [0.29, 0.717) is 34.7 Å². The number of methoxy groups -OCH3 is 1. The van der Waals surface area contributed by atoms with E-state index in [1.165, 1.54) is 5.56 Å². The summed E-state index contributed by atoms with van der Waals surface area (Å²) in [6, 6.07) is 11.1. The Kier molecular flexibility index (Phi) is 6.26. The summed E-state index contributed by atoms with van der Waals surface area (Å²) >= 11 is 6.21. The summed E-state index contributed by atoms with van der Waals surface area (Å²) in [6.07, 6.45) is 3.60. The number of nitrogens with one attached hydrogen (secondary N) is 2. The van der Waals surface area contributed by atoms with Crippen molar-refractivity contribution >= 4 is 38.2 Å². The fraction of sp³-hybridized carbons (Fsp3) is 0.417. The molecule has 2 N–H and O–H groups in total. The number of benzene rings is 2. The molecule has 0 spiro atoms. The van der Waals surface area contributed by atoms with Crippen molar-refractivity contribution in [1.29, 1.82) is 0 Å². The average molecular weight is 489 g/mol. The first-order valence-corrected chi connectivity index (χ1v) is 13.2. The number of anilines is 1. The van der Waals surface area contributed by atoms with Crippen molar-refractivity contribution < 1.29 is 13.2 Å². The first-order chi connectivity index (χ1) is 16.0. The Balaban J connectivity index is 1.35. The number of halogens is 1. The van der Waals surface area contributed by atoms with Gasteiger partial charge in [-0.1, -0.05) is 11.6 Å². The van der Waals surface area contributed by atoms with Gasteiger partial charge in [-0.05, 0) is 60.7 Å². The van der Waals surface area contributed by atoms with Crippen LogP contribution in [0.3, 0.4) is 0 Å². The first-order valence-electron chi connectivity index (χ1n) is 11.4.